The molecule has 0 atom stereocenters. The summed E-state index contributed by atoms with van der Waals surface area (Å²) in [4.78, 5) is 0. The van der Waals surface area contributed by atoms with E-state index in [-0.39, 0.29) is 10.8 Å². The zero-order valence-corrected chi connectivity index (χ0v) is 36.8. The number of benzene rings is 4. The second kappa shape index (κ2) is 16.5. The average Bonchev–Trinajstić information content (AvgIpc) is 3.70. The zero-order chi connectivity index (χ0) is 37.2. The zero-order valence-electron chi connectivity index (χ0n) is 29.8. The first kappa shape index (κ1) is 41.6. The molecule has 4 aromatic carbocycles. The van der Waals surface area contributed by atoms with Crippen molar-refractivity contribution in [2.75, 3.05) is 0 Å². The van der Waals surface area contributed by atoms with E-state index in [9.17, 15) is 0 Å². The molecule has 0 spiro atoms. The van der Waals surface area contributed by atoms with Gasteiger partial charge in [-0.25, -0.2) is 12.2 Å². The van der Waals surface area contributed by atoms with Gasteiger partial charge < -0.3 is 0 Å². The molecule has 0 amide bonds. The third-order valence-electron chi connectivity index (χ3n) is 8.67. The molecule has 2 aliphatic rings. The minimum Gasteiger partial charge on any atom is -0.273 e. The van der Waals surface area contributed by atoms with E-state index in [0.29, 0.717) is 11.1 Å². The number of allylic oxidation sites excluding steroid dienone is 4. The molecule has 0 heterocycles. The number of halogens is 6. The molecule has 4 aromatic rings. The molecule has 2 aliphatic carbocycles. The van der Waals surface area contributed by atoms with E-state index in [4.69, 9.17) is 69.6 Å². The molecule has 0 N–H and O–H groups in total. The normalized spacial score (nSPS) is 13.6. The molecule has 0 nitrogen and oxygen atoms in total. The summed E-state index contributed by atoms with van der Waals surface area (Å²) in [6.07, 6.45) is 11.0. The second-order valence-corrected chi connectivity index (χ2v) is 20.5. The van der Waals surface area contributed by atoms with Crippen LogP contribution in [0, 0.1) is 26.0 Å². The summed E-state index contributed by atoms with van der Waals surface area (Å²) in [7, 11) is 0. The largest absolute Gasteiger partial charge is 0.273 e. The molecule has 50 heavy (non-hydrogen) atoms. The molecule has 0 aromatic heterocycles. The van der Waals surface area contributed by atoms with E-state index < -0.39 is 7.59 Å². The van der Waals surface area contributed by atoms with Crippen LogP contribution in [0.15, 0.2) is 85.0 Å². The number of aryl methyl sites for hydroxylation is 2. The van der Waals surface area contributed by atoms with E-state index >= 15 is 0 Å². The van der Waals surface area contributed by atoms with Crippen LogP contribution in [-0.4, -0.2) is 3.21 Å². The Kier molecular flexibility index (Phi) is 13.7. The monoisotopic (exact) mass is 858 g/mol. The van der Waals surface area contributed by atoms with Crippen LogP contribution in [0.2, 0.25) is 0 Å². The van der Waals surface area contributed by atoms with Crippen LogP contribution in [0.25, 0.3) is 11.1 Å². The predicted molar refractivity (Wildman–Crippen MR) is 217 cm³/mol. The van der Waals surface area contributed by atoms with Crippen LogP contribution < -0.4 is 0 Å². The molecule has 0 bridgehead atoms. The summed E-state index contributed by atoms with van der Waals surface area (Å²) < 4.78 is -1.66. The average molecular weight is 863 g/mol. The molecule has 7 heteroatoms. The van der Waals surface area contributed by atoms with Crippen molar-refractivity contribution < 1.29 is 24.2 Å². The Hall–Kier alpha value is -1.15. The fourth-order valence-electron chi connectivity index (χ4n) is 6.18. The van der Waals surface area contributed by atoms with Crippen LogP contribution in [0.3, 0.4) is 0 Å². The predicted octanol–water partition coefficient (Wildman–Crippen LogP) is 14.0. The van der Waals surface area contributed by atoms with E-state index in [1.54, 1.807) is 0 Å². The Balaban J connectivity index is 0.000000197. The minimum absolute atomic E-state index is 0.163. The Bertz CT molecular complexity index is 1750. The maximum atomic E-state index is 5.86. The first-order chi connectivity index (χ1) is 23.1. The van der Waals surface area contributed by atoms with Gasteiger partial charge in [0, 0.05) is 0 Å². The van der Waals surface area contributed by atoms with Gasteiger partial charge in [-0.2, -0.15) is 23.8 Å². The smallest absolute Gasteiger partial charge is 0.109 e. The van der Waals surface area contributed by atoms with Gasteiger partial charge in [-0.15, -0.1) is 23.1 Å². The second-order valence-electron chi connectivity index (χ2n) is 14.7. The van der Waals surface area contributed by atoms with E-state index in [1.807, 2.05) is 60.7 Å². The quantitative estimate of drug-likeness (QED) is 0.123. The van der Waals surface area contributed by atoms with Gasteiger partial charge in [0.05, 0.1) is 0 Å². The SMILES string of the molecule is Cc1[c-]c2c(cc1C(C)(C)C)-c1cc(C(C)(C)C)c(C)cc1C2.ClC(Cl)(Cl)c1ccc([C](=[Zr+2])c2ccc(C(Cl)(Cl)Cl)cc2)cc1.[C-]1=CC=CC1. The molecular weight excluding hydrogens is 820 g/mol. The number of hydrogen-bond acceptors (Lipinski definition) is 0. The van der Waals surface area contributed by atoms with Crippen molar-refractivity contribution >= 4 is 72.8 Å². The van der Waals surface area contributed by atoms with Gasteiger partial charge in [-0.05, 0) is 35.4 Å². The summed E-state index contributed by atoms with van der Waals surface area (Å²) in [5.74, 6) is 0. The molecule has 0 saturated heterocycles. The summed E-state index contributed by atoms with van der Waals surface area (Å²) in [6.45, 7) is 18.2. The summed E-state index contributed by atoms with van der Waals surface area (Å²) in [5.41, 5.74) is 15.0. The van der Waals surface area contributed by atoms with Crippen molar-refractivity contribution in [1.82, 2.24) is 0 Å². The van der Waals surface area contributed by atoms with Crippen molar-refractivity contribution in [3.63, 3.8) is 0 Å². The number of alkyl halides is 6. The van der Waals surface area contributed by atoms with Crippen molar-refractivity contribution in [2.24, 2.45) is 0 Å². The molecule has 0 unspecified atom stereocenters. The fraction of sp³-hybridized carbons (Fsp3) is 0.326. The van der Waals surface area contributed by atoms with Gasteiger partial charge in [0.25, 0.3) is 0 Å². The standard InChI is InChI=1S/C23H29.C15H8Cl6.C5H5.Zr/c1-14-9-16-11-17-10-15(2)21(23(6,7)8)13-19(17)18(16)12-20(14)22(3,4)5;16-14(17,18)12-5-1-10(2-6-12)9-11-3-7-13(8-4-11)15(19,20)21;1-2-4-5-3-1;/h9,12-13H,11H2,1-8H3;1-8H;1-3H,4H2;/q-1;;-1;+2. The molecular formula is C43H42Cl6Zr. The number of rotatable bonds is 2. The Morgan fingerprint density at radius 3 is 1.52 bits per heavy atom. The number of fused-ring (bicyclic) bond motifs is 3. The fourth-order valence-corrected chi connectivity index (χ4v) is 7.76. The van der Waals surface area contributed by atoms with Crippen LogP contribution in [-0.2, 0) is 49.1 Å². The molecule has 0 fully saturated rings. The third kappa shape index (κ3) is 10.7. The Labute approximate surface area is 344 Å². The van der Waals surface area contributed by atoms with Crippen LogP contribution in [0.1, 0.15) is 104 Å². The maximum Gasteiger partial charge on any atom is -0.109 e. The molecule has 260 valence electrons. The van der Waals surface area contributed by atoms with Crippen molar-refractivity contribution in [3.05, 3.63) is 153 Å². The van der Waals surface area contributed by atoms with Gasteiger partial charge in [0.1, 0.15) is 0 Å². The molecule has 0 saturated carbocycles. The Morgan fingerprint density at radius 2 is 1.14 bits per heavy atom. The van der Waals surface area contributed by atoms with E-state index in [0.717, 1.165) is 24.0 Å². The van der Waals surface area contributed by atoms with Gasteiger partial charge in [-0.1, -0.05) is 71.6 Å². The van der Waals surface area contributed by atoms with Crippen molar-refractivity contribution in [1.29, 1.82) is 0 Å². The Morgan fingerprint density at radius 1 is 0.660 bits per heavy atom. The topological polar surface area (TPSA) is 0 Å². The van der Waals surface area contributed by atoms with Gasteiger partial charge in [0.2, 0.25) is 0 Å². The van der Waals surface area contributed by atoms with Gasteiger partial charge in [0.15, 0.2) is 0 Å². The summed E-state index contributed by atoms with van der Waals surface area (Å²) in [5, 5.41) is 0. The first-order valence-corrected chi connectivity index (χ1v) is 19.9. The first-order valence-electron chi connectivity index (χ1n) is 16.4. The third-order valence-corrected chi connectivity index (χ3v) is 11.4. The van der Waals surface area contributed by atoms with Crippen LogP contribution in [0.4, 0.5) is 0 Å². The van der Waals surface area contributed by atoms with E-state index in [2.05, 4.69) is 91.8 Å². The summed E-state index contributed by atoms with van der Waals surface area (Å²) in [6, 6.07) is 25.9. The molecule has 0 aliphatic heterocycles. The van der Waals surface area contributed by atoms with E-state index in [1.165, 1.54) is 71.9 Å². The molecule has 0 radical (unpaired) electrons. The molecule has 6 rings (SSSR count). The van der Waals surface area contributed by atoms with Crippen LogP contribution in [0.5, 0.6) is 0 Å². The van der Waals surface area contributed by atoms with Gasteiger partial charge >= 0.3 is 175 Å². The van der Waals surface area contributed by atoms with Crippen LogP contribution >= 0.6 is 69.6 Å². The minimum atomic E-state index is -1.41. The van der Waals surface area contributed by atoms with Gasteiger partial charge in [-0.3, -0.25) is 6.08 Å². The number of hydrogen-bond donors (Lipinski definition) is 0. The summed E-state index contributed by atoms with van der Waals surface area (Å²) >= 11 is 36.4. The van der Waals surface area contributed by atoms with Crippen molar-refractivity contribution in [3.8, 4) is 11.1 Å². The van der Waals surface area contributed by atoms with Crippen molar-refractivity contribution in [2.45, 2.75) is 86.6 Å². The maximum absolute atomic E-state index is 5.86.